The number of guanidine groups is 2. The minimum Gasteiger partial charge on any atom is -0.369 e. The second kappa shape index (κ2) is 11.8. The molecule has 0 aromatic heterocycles. The summed E-state index contributed by atoms with van der Waals surface area (Å²) in [5.41, 5.74) is 11.4. The Balaban J connectivity index is 0.00000392. The van der Waals surface area contributed by atoms with Crippen molar-refractivity contribution in [1.82, 2.24) is 0 Å². The van der Waals surface area contributed by atoms with Crippen LogP contribution >= 0.6 is 12.4 Å². The fourth-order valence-corrected chi connectivity index (χ4v) is 3.20. The molecule has 9 heteroatoms. The highest BCUT2D eigenvalue weighted by Crippen LogP contribution is 2.28. The molecule has 1 aliphatic heterocycles. The van der Waals surface area contributed by atoms with Gasteiger partial charge in [0, 0.05) is 0 Å². The van der Waals surface area contributed by atoms with E-state index in [2.05, 4.69) is 16.9 Å². The number of benzene rings is 1. The summed E-state index contributed by atoms with van der Waals surface area (Å²) in [6.07, 6.45) is 9.08. The maximum atomic E-state index is 14.2. The fraction of sp³-hybridized carbons (Fsp3) is 0.579. The van der Waals surface area contributed by atoms with E-state index in [1.165, 1.54) is 37.0 Å². The number of halogens is 4. The van der Waals surface area contributed by atoms with Crippen LogP contribution in [0.2, 0.25) is 0 Å². The van der Waals surface area contributed by atoms with E-state index >= 15 is 0 Å². The number of nitrogens with zero attached hydrogens (tertiary/aromatic N) is 3. The third kappa shape index (κ3) is 6.29. The summed E-state index contributed by atoms with van der Waals surface area (Å²) >= 11 is 0. The summed E-state index contributed by atoms with van der Waals surface area (Å²) in [4.78, 5) is 9.32. The SMILES string of the molecule is CCCCCCCCCCC1N=C(N)N=C(N)N1c1ccc(F)c(F)c1F.Cl. The van der Waals surface area contributed by atoms with Crippen molar-refractivity contribution in [3.8, 4) is 0 Å². The molecule has 28 heavy (non-hydrogen) atoms. The Morgan fingerprint density at radius 3 is 2.18 bits per heavy atom. The fourth-order valence-electron chi connectivity index (χ4n) is 3.20. The predicted molar refractivity (Wildman–Crippen MR) is 110 cm³/mol. The monoisotopic (exact) mass is 419 g/mol. The van der Waals surface area contributed by atoms with Crippen LogP contribution in [0.5, 0.6) is 0 Å². The van der Waals surface area contributed by atoms with Gasteiger partial charge in [-0.05, 0) is 25.0 Å². The molecule has 0 fully saturated rings. The molecule has 2 rings (SSSR count). The number of aliphatic imine (C=N–C) groups is 2. The van der Waals surface area contributed by atoms with E-state index in [-0.39, 0.29) is 30.0 Å². The Morgan fingerprint density at radius 1 is 0.929 bits per heavy atom. The molecule has 0 radical (unpaired) electrons. The predicted octanol–water partition coefficient (Wildman–Crippen LogP) is 4.83. The largest absolute Gasteiger partial charge is 0.369 e. The number of hydrogen-bond acceptors (Lipinski definition) is 5. The lowest BCUT2D eigenvalue weighted by molar-refractivity contribution is 0.444. The summed E-state index contributed by atoms with van der Waals surface area (Å²) in [6.45, 7) is 2.19. The van der Waals surface area contributed by atoms with E-state index < -0.39 is 23.6 Å². The number of anilines is 1. The molecule has 0 saturated carbocycles. The molecular weight excluding hydrogens is 391 g/mol. The van der Waals surface area contributed by atoms with E-state index in [1.54, 1.807) is 0 Å². The quantitative estimate of drug-likeness (QED) is 0.421. The van der Waals surface area contributed by atoms with Crippen molar-refractivity contribution in [2.75, 3.05) is 4.90 Å². The van der Waals surface area contributed by atoms with E-state index in [9.17, 15) is 13.2 Å². The molecule has 1 aromatic carbocycles. The molecule has 1 heterocycles. The van der Waals surface area contributed by atoms with Crippen LogP contribution in [0.1, 0.15) is 64.7 Å². The summed E-state index contributed by atoms with van der Waals surface area (Å²) in [5, 5.41) is 0. The van der Waals surface area contributed by atoms with Gasteiger partial charge in [-0.1, -0.05) is 51.9 Å². The average molecular weight is 420 g/mol. The van der Waals surface area contributed by atoms with Gasteiger partial charge in [-0.3, -0.25) is 4.90 Å². The number of rotatable bonds is 10. The van der Waals surface area contributed by atoms with Gasteiger partial charge in [-0.25, -0.2) is 18.2 Å². The zero-order valence-electron chi connectivity index (χ0n) is 16.1. The van der Waals surface area contributed by atoms with Crippen LogP contribution in [0.15, 0.2) is 22.1 Å². The smallest absolute Gasteiger partial charge is 0.220 e. The van der Waals surface area contributed by atoms with Crippen LogP contribution in [-0.4, -0.2) is 18.1 Å². The lowest BCUT2D eigenvalue weighted by Gasteiger charge is -2.32. The molecule has 158 valence electrons. The molecule has 4 N–H and O–H groups in total. The van der Waals surface area contributed by atoms with Crippen molar-refractivity contribution in [3.05, 3.63) is 29.6 Å². The van der Waals surface area contributed by atoms with Crippen LogP contribution in [-0.2, 0) is 0 Å². The van der Waals surface area contributed by atoms with E-state index in [4.69, 9.17) is 11.5 Å². The van der Waals surface area contributed by atoms with Gasteiger partial charge in [0.05, 0.1) is 5.69 Å². The first-order chi connectivity index (χ1) is 13.0. The minimum atomic E-state index is -1.55. The standard InChI is InChI=1S/C19H28F3N5.ClH/c1-2-3-4-5-6-7-8-9-10-15-25-18(23)26-19(24)27(15)14-12-11-13(20)16(21)17(14)22;/h11-12,15H,2-10H2,1H3,(H4,23,24,25,26);1H. The highest BCUT2D eigenvalue weighted by Gasteiger charge is 2.29. The first kappa shape index (κ1) is 24.1. The van der Waals surface area contributed by atoms with Crippen LogP contribution in [0.3, 0.4) is 0 Å². The van der Waals surface area contributed by atoms with Gasteiger partial charge >= 0.3 is 0 Å². The van der Waals surface area contributed by atoms with Crippen LogP contribution < -0.4 is 16.4 Å². The third-order valence-electron chi connectivity index (χ3n) is 4.65. The second-order valence-corrected chi connectivity index (χ2v) is 6.77. The summed E-state index contributed by atoms with van der Waals surface area (Å²) in [7, 11) is 0. The molecule has 0 spiro atoms. The zero-order valence-corrected chi connectivity index (χ0v) is 17.0. The maximum Gasteiger partial charge on any atom is 0.220 e. The Kier molecular flexibility index (Phi) is 10.1. The first-order valence-corrected chi connectivity index (χ1v) is 9.55. The number of nitrogens with two attached hydrogens (primary N) is 2. The number of unbranched alkanes of at least 4 members (excludes halogenated alkanes) is 7. The number of hydrogen-bond donors (Lipinski definition) is 2. The molecular formula is C19H29ClF3N5. The van der Waals surface area contributed by atoms with Gasteiger partial charge in [0.1, 0.15) is 6.17 Å². The molecule has 1 atom stereocenters. The molecule has 1 unspecified atom stereocenters. The van der Waals surface area contributed by atoms with Crippen molar-refractivity contribution < 1.29 is 13.2 Å². The molecule has 0 aliphatic carbocycles. The van der Waals surface area contributed by atoms with Crippen molar-refractivity contribution in [3.63, 3.8) is 0 Å². The minimum absolute atomic E-state index is 0. The molecule has 0 bridgehead atoms. The molecule has 5 nitrogen and oxygen atoms in total. The second-order valence-electron chi connectivity index (χ2n) is 6.77. The lowest BCUT2D eigenvalue weighted by atomic mass is 10.1. The van der Waals surface area contributed by atoms with Crippen molar-refractivity contribution >= 4 is 30.0 Å². The van der Waals surface area contributed by atoms with Gasteiger partial charge in [-0.2, -0.15) is 4.99 Å². The highest BCUT2D eigenvalue weighted by molar-refractivity contribution is 6.04. The molecule has 0 saturated heterocycles. The van der Waals surface area contributed by atoms with Gasteiger partial charge in [0.25, 0.3) is 0 Å². The van der Waals surface area contributed by atoms with Gasteiger partial charge in [0.15, 0.2) is 17.5 Å². The maximum absolute atomic E-state index is 14.2. The van der Waals surface area contributed by atoms with Crippen molar-refractivity contribution in [2.45, 2.75) is 70.9 Å². The van der Waals surface area contributed by atoms with Crippen LogP contribution in [0.4, 0.5) is 18.9 Å². The summed E-state index contributed by atoms with van der Waals surface area (Å²) in [5.74, 6) is -4.21. The Hall–Kier alpha value is -1.96. The Morgan fingerprint density at radius 2 is 1.54 bits per heavy atom. The highest BCUT2D eigenvalue weighted by atomic mass is 35.5. The van der Waals surface area contributed by atoms with E-state index in [1.807, 2.05) is 0 Å². The van der Waals surface area contributed by atoms with E-state index in [0.717, 1.165) is 31.4 Å². The van der Waals surface area contributed by atoms with E-state index in [0.29, 0.717) is 6.42 Å². The topological polar surface area (TPSA) is 80.0 Å². The van der Waals surface area contributed by atoms with Gasteiger partial charge < -0.3 is 11.5 Å². The lowest BCUT2D eigenvalue weighted by Crippen LogP contribution is -2.49. The van der Waals surface area contributed by atoms with Gasteiger partial charge in [-0.15, -0.1) is 12.4 Å². The first-order valence-electron chi connectivity index (χ1n) is 9.55. The average Bonchev–Trinajstić information content (AvgIpc) is 2.63. The zero-order chi connectivity index (χ0) is 19.8. The van der Waals surface area contributed by atoms with Crippen LogP contribution in [0.25, 0.3) is 0 Å². The summed E-state index contributed by atoms with van der Waals surface area (Å²) < 4.78 is 41.1. The molecule has 1 aromatic rings. The molecule has 1 aliphatic rings. The van der Waals surface area contributed by atoms with Crippen molar-refractivity contribution in [1.29, 1.82) is 0 Å². The summed E-state index contributed by atoms with van der Waals surface area (Å²) in [6, 6.07) is 1.99. The van der Waals surface area contributed by atoms with Gasteiger partial charge in [0.2, 0.25) is 11.9 Å². The third-order valence-corrected chi connectivity index (χ3v) is 4.65. The molecule has 0 amide bonds. The Labute approximate surface area is 170 Å². The van der Waals surface area contributed by atoms with Crippen LogP contribution in [0, 0.1) is 17.5 Å². The normalized spacial score (nSPS) is 16.4. The van der Waals surface area contributed by atoms with Crippen molar-refractivity contribution in [2.24, 2.45) is 21.5 Å². The Bertz CT molecular complexity index is 696.